The number of rotatable bonds is 6. The number of carbonyl (C=O) groups excluding carboxylic acids is 3. The average Bonchev–Trinajstić information content (AvgIpc) is 3.44. The SMILES string of the molecule is COC(=O)c1ccccc1N1CC(C(=O)NCc2csc(-c3ccncc3)n2)CC1=O. The maximum Gasteiger partial charge on any atom is 0.339 e. The Kier molecular flexibility index (Phi) is 6.03. The van der Waals surface area contributed by atoms with Crippen LogP contribution in [-0.2, 0) is 20.9 Å². The Morgan fingerprint density at radius 2 is 2.00 bits per heavy atom. The Labute approximate surface area is 182 Å². The molecule has 2 aromatic heterocycles. The van der Waals surface area contributed by atoms with E-state index in [9.17, 15) is 14.4 Å². The van der Waals surface area contributed by atoms with Gasteiger partial charge in [0, 0.05) is 36.3 Å². The number of methoxy groups -OCH3 is 1. The van der Waals surface area contributed by atoms with E-state index in [1.807, 2.05) is 17.5 Å². The third-order valence-corrected chi connectivity index (χ3v) is 5.96. The highest BCUT2D eigenvalue weighted by molar-refractivity contribution is 7.13. The van der Waals surface area contributed by atoms with Gasteiger partial charge in [-0.25, -0.2) is 9.78 Å². The molecule has 158 valence electrons. The monoisotopic (exact) mass is 436 g/mol. The fourth-order valence-corrected chi connectivity index (χ4v) is 4.27. The highest BCUT2D eigenvalue weighted by atomic mass is 32.1. The van der Waals surface area contributed by atoms with Crippen molar-refractivity contribution in [2.75, 3.05) is 18.6 Å². The van der Waals surface area contributed by atoms with Crippen LogP contribution in [0.3, 0.4) is 0 Å². The zero-order valence-electron chi connectivity index (χ0n) is 16.8. The van der Waals surface area contributed by atoms with Gasteiger partial charge in [-0.05, 0) is 24.3 Å². The molecule has 1 saturated heterocycles. The zero-order valence-corrected chi connectivity index (χ0v) is 17.6. The summed E-state index contributed by atoms with van der Waals surface area (Å²) in [5, 5.41) is 5.62. The van der Waals surface area contributed by atoms with E-state index in [4.69, 9.17) is 4.74 Å². The summed E-state index contributed by atoms with van der Waals surface area (Å²) in [7, 11) is 1.29. The number of nitrogens with zero attached hydrogens (tertiary/aromatic N) is 3. The number of anilines is 1. The minimum absolute atomic E-state index is 0.0840. The van der Waals surface area contributed by atoms with Gasteiger partial charge in [0.2, 0.25) is 11.8 Å². The molecule has 1 N–H and O–H groups in total. The number of ether oxygens (including phenoxy) is 1. The molecule has 4 rings (SSSR count). The van der Waals surface area contributed by atoms with Crippen LogP contribution in [0.4, 0.5) is 5.69 Å². The summed E-state index contributed by atoms with van der Waals surface area (Å²) in [4.78, 5) is 47.3. The summed E-state index contributed by atoms with van der Waals surface area (Å²) < 4.78 is 4.80. The molecule has 3 heterocycles. The van der Waals surface area contributed by atoms with E-state index in [-0.39, 0.29) is 31.3 Å². The van der Waals surface area contributed by atoms with Crippen LogP contribution in [0.25, 0.3) is 10.6 Å². The van der Waals surface area contributed by atoms with Gasteiger partial charge in [0.1, 0.15) is 5.01 Å². The molecule has 1 unspecified atom stereocenters. The number of pyridine rings is 1. The number of amides is 2. The fraction of sp³-hybridized carbons (Fsp3) is 0.227. The summed E-state index contributed by atoms with van der Waals surface area (Å²) in [6.45, 7) is 0.488. The number of thiazole rings is 1. The molecule has 2 amide bonds. The standard InChI is InChI=1S/C22H20N4O4S/c1-30-22(29)17-4-2-3-5-18(17)26-12-15(10-19(26)27)20(28)24-11-16-13-31-21(25-16)14-6-8-23-9-7-14/h2-9,13,15H,10-12H2,1H3,(H,24,28). The van der Waals surface area contributed by atoms with Crippen LogP contribution in [0.5, 0.6) is 0 Å². The van der Waals surface area contributed by atoms with Gasteiger partial charge in [0.25, 0.3) is 0 Å². The molecule has 0 bridgehead atoms. The van der Waals surface area contributed by atoms with Crippen molar-refractivity contribution in [3.8, 4) is 10.6 Å². The van der Waals surface area contributed by atoms with E-state index in [0.717, 1.165) is 16.3 Å². The average molecular weight is 436 g/mol. The highest BCUT2D eigenvalue weighted by Gasteiger charge is 2.36. The summed E-state index contributed by atoms with van der Waals surface area (Å²) in [6.07, 6.45) is 3.50. The third kappa shape index (κ3) is 4.46. The van der Waals surface area contributed by atoms with Crippen LogP contribution >= 0.6 is 11.3 Å². The Balaban J connectivity index is 1.39. The molecule has 8 nitrogen and oxygen atoms in total. The van der Waals surface area contributed by atoms with Gasteiger partial charge in [-0.3, -0.25) is 14.6 Å². The van der Waals surface area contributed by atoms with Crippen LogP contribution in [0, 0.1) is 5.92 Å². The van der Waals surface area contributed by atoms with Crippen molar-refractivity contribution in [3.63, 3.8) is 0 Å². The number of carbonyl (C=O) groups is 3. The van der Waals surface area contributed by atoms with Crippen molar-refractivity contribution in [1.82, 2.24) is 15.3 Å². The molecule has 1 fully saturated rings. The molecule has 31 heavy (non-hydrogen) atoms. The first kappa shape index (κ1) is 20.7. The molecular formula is C22H20N4O4S. The number of hydrogen-bond acceptors (Lipinski definition) is 7. The van der Waals surface area contributed by atoms with Gasteiger partial charge in [0.05, 0.1) is 36.5 Å². The highest BCUT2D eigenvalue weighted by Crippen LogP contribution is 2.29. The molecule has 1 aliphatic heterocycles. The van der Waals surface area contributed by atoms with Crippen LogP contribution in [-0.4, -0.2) is 41.4 Å². The molecule has 9 heteroatoms. The second-order valence-electron chi connectivity index (χ2n) is 7.01. The Bertz CT molecular complexity index is 1120. The van der Waals surface area contributed by atoms with Crippen molar-refractivity contribution >= 4 is 34.8 Å². The fourth-order valence-electron chi connectivity index (χ4n) is 3.44. The molecule has 0 radical (unpaired) electrons. The van der Waals surface area contributed by atoms with Crippen LogP contribution in [0.2, 0.25) is 0 Å². The van der Waals surface area contributed by atoms with Crippen molar-refractivity contribution in [2.45, 2.75) is 13.0 Å². The van der Waals surface area contributed by atoms with Crippen LogP contribution in [0.15, 0.2) is 54.2 Å². The molecule has 0 saturated carbocycles. The van der Waals surface area contributed by atoms with Gasteiger partial charge in [-0.1, -0.05) is 12.1 Å². The first-order valence-electron chi connectivity index (χ1n) is 9.67. The summed E-state index contributed by atoms with van der Waals surface area (Å²) in [5.74, 6) is -1.45. The lowest BCUT2D eigenvalue weighted by Gasteiger charge is -2.19. The summed E-state index contributed by atoms with van der Waals surface area (Å²) >= 11 is 1.49. The second-order valence-corrected chi connectivity index (χ2v) is 7.87. The lowest BCUT2D eigenvalue weighted by Crippen LogP contribution is -2.33. The van der Waals surface area contributed by atoms with E-state index in [1.54, 1.807) is 36.7 Å². The molecular weight excluding hydrogens is 416 g/mol. The number of benzene rings is 1. The predicted molar refractivity (Wildman–Crippen MR) is 115 cm³/mol. The van der Waals surface area contributed by atoms with Crippen molar-refractivity contribution in [1.29, 1.82) is 0 Å². The van der Waals surface area contributed by atoms with Crippen molar-refractivity contribution in [3.05, 3.63) is 65.4 Å². The number of aromatic nitrogens is 2. The van der Waals surface area contributed by atoms with E-state index in [1.165, 1.54) is 23.3 Å². The topological polar surface area (TPSA) is 101 Å². The van der Waals surface area contributed by atoms with Crippen LogP contribution < -0.4 is 10.2 Å². The minimum Gasteiger partial charge on any atom is -0.465 e. The predicted octanol–water partition coefficient (Wildman–Crippen LogP) is 2.66. The molecule has 3 aromatic rings. The Hall–Kier alpha value is -3.59. The Morgan fingerprint density at radius 3 is 2.77 bits per heavy atom. The van der Waals surface area contributed by atoms with Gasteiger partial charge in [0.15, 0.2) is 0 Å². The molecule has 1 atom stereocenters. The van der Waals surface area contributed by atoms with Crippen LogP contribution in [0.1, 0.15) is 22.5 Å². The van der Waals surface area contributed by atoms with E-state index in [2.05, 4.69) is 15.3 Å². The van der Waals surface area contributed by atoms with E-state index >= 15 is 0 Å². The number of hydrogen-bond donors (Lipinski definition) is 1. The first-order chi connectivity index (χ1) is 15.1. The first-order valence-corrected chi connectivity index (χ1v) is 10.5. The largest absolute Gasteiger partial charge is 0.465 e. The molecule has 0 aliphatic carbocycles. The van der Waals surface area contributed by atoms with E-state index in [0.29, 0.717) is 11.3 Å². The number of para-hydroxylation sites is 1. The van der Waals surface area contributed by atoms with Gasteiger partial charge in [-0.15, -0.1) is 11.3 Å². The second kappa shape index (κ2) is 9.05. The quantitative estimate of drug-likeness (QED) is 0.596. The van der Waals surface area contributed by atoms with Gasteiger partial charge < -0.3 is 15.0 Å². The molecule has 1 aromatic carbocycles. The molecule has 0 spiro atoms. The zero-order chi connectivity index (χ0) is 21.8. The lowest BCUT2D eigenvalue weighted by molar-refractivity contribution is -0.126. The third-order valence-electron chi connectivity index (χ3n) is 5.02. The van der Waals surface area contributed by atoms with Crippen molar-refractivity contribution in [2.24, 2.45) is 5.92 Å². The van der Waals surface area contributed by atoms with Gasteiger partial charge >= 0.3 is 5.97 Å². The lowest BCUT2D eigenvalue weighted by atomic mass is 10.1. The number of esters is 1. The minimum atomic E-state index is -0.523. The van der Waals surface area contributed by atoms with Crippen molar-refractivity contribution < 1.29 is 19.1 Å². The van der Waals surface area contributed by atoms with Gasteiger partial charge in [-0.2, -0.15) is 0 Å². The summed E-state index contributed by atoms with van der Waals surface area (Å²) in [6, 6.07) is 10.5. The summed E-state index contributed by atoms with van der Waals surface area (Å²) in [5.41, 5.74) is 2.47. The van der Waals surface area contributed by atoms with E-state index < -0.39 is 11.9 Å². The normalized spacial score (nSPS) is 15.7. The smallest absolute Gasteiger partial charge is 0.339 e. The number of nitrogens with one attached hydrogen (secondary N) is 1. The Morgan fingerprint density at radius 1 is 1.23 bits per heavy atom. The maximum atomic E-state index is 12.7. The molecule has 1 aliphatic rings. The maximum absolute atomic E-state index is 12.7.